The van der Waals surface area contributed by atoms with Crippen LogP contribution in [0, 0.1) is 17.6 Å². The summed E-state index contributed by atoms with van der Waals surface area (Å²) in [4.78, 5) is 0. The Morgan fingerprint density at radius 3 is 2.41 bits per heavy atom. The second-order valence-electron chi connectivity index (χ2n) is 10.4. The minimum atomic E-state index is -0.349. The van der Waals surface area contributed by atoms with Crippen LogP contribution in [0.3, 0.4) is 0 Å². The molecule has 0 saturated heterocycles. The summed E-state index contributed by atoms with van der Waals surface area (Å²) in [6, 6.07) is 9.41. The number of benzene rings is 2. The third-order valence-electron chi connectivity index (χ3n) is 8.04. The van der Waals surface area contributed by atoms with Gasteiger partial charge in [0, 0.05) is 5.56 Å². The number of fused-ring (bicyclic) bond motifs is 1. The van der Waals surface area contributed by atoms with Crippen LogP contribution in [0.5, 0.6) is 5.75 Å². The van der Waals surface area contributed by atoms with Gasteiger partial charge in [-0.2, -0.15) is 0 Å². The van der Waals surface area contributed by atoms with Gasteiger partial charge in [0.2, 0.25) is 0 Å². The van der Waals surface area contributed by atoms with Gasteiger partial charge in [0.1, 0.15) is 17.4 Å². The first-order valence-electron chi connectivity index (χ1n) is 13.4. The van der Waals surface area contributed by atoms with E-state index in [2.05, 4.69) is 25.6 Å². The molecule has 2 aliphatic carbocycles. The molecule has 0 N–H and O–H groups in total. The standard InChI is InChI=1S/C31H40F2O/c1-3-5-7-8-22-9-11-23(12-10-22)27-20-29(32)31(30(33)21-27)26-14-13-25-19-28(34-17-6-4-2)16-15-24(25)18-26/h4,15-16,19-23,26H,2-3,5-14,17-18H2,1H3. The molecule has 0 heterocycles. The van der Waals surface area contributed by atoms with Crippen molar-refractivity contribution in [1.29, 1.82) is 0 Å². The van der Waals surface area contributed by atoms with Gasteiger partial charge in [-0.3, -0.25) is 0 Å². The molecule has 0 amide bonds. The number of rotatable bonds is 10. The Balaban J connectivity index is 1.40. The summed E-state index contributed by atoms with van der Waals surface area (Å²) in [6.07, 6.45) is 14.6. The van der Waals surface area contributed by atoms with Crippen molar-refractivity contribution in [2.75, 3.05) is 6.61 Å². The molecule has 4 rings (SSSR count). The lowest BCUT2D eigenvalue weighted by Gasteiger charge is -2.30. The molecule has 0 bridgehead atoms. The predicted octanol–water partition coefficient (Wildman–Crippen LogP) is 9.05. The van der Waals surface area contributed by atoms with Crippen molar-refractivity contribution in [3.8, 4) is 5.75 Å². The maximum Gasteiger partial charge on any atom is 0.129 e. The fraction of sp³-hybridized carbons (Fsp3) is 0.548. The minimum absolute atomic E-state index is 0.108. The summed E-state index contributed by atoms with van der Waals surface area (Å²) in [5.74, 6) is 1.15. The van der Waals surface area contributed by atoms with E-state index in [9.17, 15) is 0 Å². The highest BCUT2D eigenvalue weighted by molar-refractivity contribution is 5.41. The SMILES string of the molecule is C=CCCOc1ccc2c(c1)CCC(c1c(F)cc(C3CCC(CCCCC)CC3)cc1F)C2. The zero-order valence-corrected chi connectivity index (χ0v) is 20.8. The van der Waals surface area contributed by atoms with Crippen molar-refractivity contribution < 1.29 is 13.5 Å². The van der Waals surface area contributed by atoms with E-state index in [1.807, 2.05) is 12.1 Å². The van der Waals surface area contributed by atoms with Crippen LogP contribution in [0.15, 0.2) is 43.0 Å². The van der Waals surface area contributed by atoms with Crippen LogP contribution in [0.25, 0.3) is 0 Å². The van der Waals surface area contributed by atoms with Gasteiger partial charge in [0.05, 0.1) is 6.61 Å². The molecule has 0 spiro atoms. The van der Waals surface area contributed by atoms with E-state index in [1.54, 1.807) is 12.1 Å². The van der Waals surface area contributed by atoms with Crippen molar-refractivity contribution in [3.63, 3.8) is 0 Å². The van der Waals surface area contributed by atoms with E-state index in [1.165, 1.54) is 49.7 Å². The van der Waals surface area contributed by atoms with E-state index < -0.39 is 0 Å². The third-order valence-corrected chi connectivity index (χ3v) is 8.04. The number of ether oxygens (including phenoxy) is 1. The predicted molar refractivity (Wildman–Crippen MR) is 137 cm³/mol. The number of hydrogen-bond acceptors (Lipinski definition) is 1. The van der Waals surface area contributed by atoms with Crippen molar-refractivity contribution in [2.24, 2.45) is 5.92 Å². The molecule has 1 nitrogen and oxygen atoms in total. The van der Waals surface area contributed by atoms with Crippen LogP contribution in [-0.4, -0.2) is 6.61 Å². The first-order valence-corrected chi connectivity index (χ1v) is 13.4. The normalized spacial score (nSPS) is 22.3. The summed E-state index contributed by atoms with van der Waals surface area (Å²) < 4.78 is 36.3. The Kier molecular flexibility index (Phi) is 8.80. The van der Waals surface area contributed by atoms with Gasteiger partial charge in [-0.1, -0.05) is 44.7 Å². The molecule has 2 aromatic rings. The zero-order chi connectivity index (χ0) is 23.9. The Morgan fingerprint density at radius 2 is 1.71 bits per heavy atom. The van der Waals surface area contributed by atoms with E-state index in [-0.39, 0.29) is 23.1 Å². The quantitative estimate of drug-likeness (QED) is 0.251. The second-order valence-corrected chi connectivity index (χ2v) is 10.4. The van der Waals surface area contributed by atoms with E-state index in [0.717, 1.165) is 49.3 Å². The van der Waals surface area contributed by atoms with Crippen molar-refractivity contribution in [3.05, 3.63) is 76.9 Å². The lowest BCUT2D eigenvalue weighted by atomic mass is 9.75. The topological polar surface area (TPSA) is 9.23 Å². The van der Waals surface area contributed by atoms with Gasteiger partial charge >= 0.3 is 0 Å². The van der Waals surface area contributed by atoms with Crippen LogP contribution in [0.4, 0.5) is 8.78 Å². The second kappa shape index (κ2) is 12.0. The van der Waals surface area contributed by atoms with Crippen LogP contribution in [0.1, 0.15) is 105 Å². The molecule has 0 aromatic heterocycles. The number of hydrogen-bond donors (Lipinski definition) is 0. The highest BCUT2D eigenvalue weighted by Gasteiger charge is 2.28. The monoisotopic (exact) mass is 466 g/mol. The lowest BCUT2D eigenvalue weighted by Crippen LogP contribution is -2.17. The van der Waals surface area contributed by atoms with Gasteiger partial charge in [0.25, 0.3) is 0 Å². The lowest BCUT2D eigenvalue weighted by molar-refractivity contribution is 0.302. The molecular formula is C31H40F2O. The van der Waals surface area contributed by atoms with Crippen LogP contribution in [0.2, 0.25) is 0 Å². The maximum atomic E-state index is 15.3. The van der Waals surface area contributed by atoms with E-state index in [0.29, 0.717) is 18.9 Å². The number of unbranched alkanes of at least 4 members (excludes halogenated alkanes) is 2. The molecule has 184 valence electrons. The Hall–Kier alpha value is -2.16. The zero-order valence-electron chi connectivity index (χ0n) is 20.8. The van der Waals surface area contributed by atoms with Crippen molar-refractivity contribution >= 4 is 0 Å². The molecular weight excluding hydrogens is 426 g/mol. The summed E-state index contributed by atoms with van der Waals surface area (Å²) >= 11 is 0. The molecule has 1 unspecified atom stereocenters. The summed E-state index contributed by atoms with van der Waals surface area (Å²) in [5.41, 5.74) is 3.56. The number of aryl methyl sites for hydroxylation is 1. The van der Waals surface area contributed by atoms with Gasteiger partial charge in [-0.15, -0.1) is 6.58 Å². The first kappa shape index (κ1) is 24.9. The molecule has 1 atom stereocenters. The van der Waals surface area contributed by atoms with Crippen LogP contribution >= 0.6 is 0 Å². The number of halogens is 2. The van der Waals surface area contributed by atoms with Gasteiger partial charge < -0.3 is 4.74 Å². The Morgan fingerprint density at radius 1 is 0.941 bits per heavy atom. The molecule has 0 radical (unpaired) electrons. The molecule has 0 aliphatic heterocycles. The smallest absolute Gasteiger partial charge is 0.129 e. The largest absolute Gasteiger partial charge is 0.493 e. The maximum absolute atomic E-state index is 15.3. The van der Waals surface area contributed by atoms with Gasteiger partial charge in [0.15, 0.2) is 0 Å². The summed E-state index contributed by atoms with van der Waals surface area (Å²) in [7, 11) is 0. The average molecular weight is 467 g/mol. The summed E-state index contributed by atoms with van der Waals surface area (Å²) in [6.45, 7) is 6.58. The van der Waals surface area contributed by atoms with E-state index in [4.69, 9.17) is 4.74 Å². The molecule has 1 saturated carbocycles. The van der Waals surface area contributed by atoms with Gasteiger partial charge in [-0.25, -0.2) is 8.78 Å². The molecule has 2 aliphatic rings. The Labute approximate surface area is 204 Å². The highest BCUT2D eigenvalue weighted by atomic mass is 19.1. The minimum Gasteiger partial charge on any atom is -0.493 e. The fourth-order valence-corrected chi connectivity index (χ4v) is 6.02. The van der Waals surface area contributed by atoms with Crippen molar-refractivity contribution in [2.45, 2.75) is 95.8 Å². The average Bonchev–Trinajstić information content (AvgIpc) is 2.84. The molecule has 2 aromatic carbocycles. The van der Waals surface area contributed by atoms with Crippen molar-refractivity contribution in [1.82, 2.24) is 0 Å². The first-order chi connectivity index (χ1) is 16.6. The third kappa shape index (κ3) is 6.09. The van der Waals surface area contributed by atoms with E-state index >= 15 is 8.78 Å². The van der Waals surface area contributed by atoms with Crippen LogP contribution in [-0.2, 0) is 12.8 Å². The molecule has 34 heavy (non-hydrogen) atoms. The summed E-state index contributed by atoms with van der Waals surface area (Å²) in [5, 5.41) is 0. The molecule has 3 heteroatoms. The van der Waals surface area contributed by atoms with Gasteiger partial charge in [-0.05, 0) is 110 Å². The Bertz CT molecular complexity index is 935. The highest BCUT2D eigenvalue weighted by Crippen LogP contribution is 2.41. The van der Waals surface area contributed by atoms with Crippen LogP contribution < -0.4 is 4.74 Å². The molecule has 1 fully saturated rings. The fourth-order valence-electron chi connectivity index (χ4n) is 6.02.